The van der Waals surface area contributed by atoms with Gasteiger partial charge in [-0.05, 0) is 18.2 Å². The molecular formula is C11H6ClFN4O2. The van der Waals surface area contributed by atoms with Gasteiger partial charge in [0.05, 0.1) is 5.02 Å². The molecule has 96 valence electrons. The van der Waals surface area contributed by atoms with E-state index in [1.807, 2.05) is 0 Å². The summed E-state index contributed by atoms with van der Waals surface area (Å²) in [7, 11) is 0. The summed E-state index contributed by atoms with van der Waals surface area (Å²) in [5, 5.41) is -0.0552. The molecule has 3 N–H and O–H groups in total. The first-order valence-corrected chi connectivity index (χ1v) is 5.60. The number of imidazole rings is 1. The van der Waals surface area contributed by atoms with Gasteiger partial charge in [0, 0.05) is 5.56 Å². The van der Waals surface area contributed by atoms with Crippen LogP contribution < -0.4 is 11.2 Å². The van der Waals surface area contributed by atoms with Crippen LogP contribution in [0.3, 0.4) is 0 Å². The maximum absolute atomic E-state index is 13.1. The summed E-state index contributed by atoms with van der Waals surface area (Å²) in [5.41, 5.74) is -0.458. The number of rotatable bonds is 1. The molecule has 6 nitrogen and oxygen atoms in total. The first-order valence-electron chi connectivity index (χ1n) is 5.22. The van der Waals surface area contributed by atoms with Gasteiger partial charge in [-0.15, -0.1) is 0 Å². The molecule has 19 heavy (non-hydrogen) atoms. The van der Waals surface area contributed by atoms with E-state index in [1.165, 1.54) is 18.2 Å². The van der Waals surface area contributed by atoms with Gasteiger partial charge in [0.2, 0.25) is 0 Å². The fourth-order valence-corrected chi connectivity index (χ4v) is 1.89. The third kappa shape index (κ3) is 1.93. The quantitative estimate of drug-likeness (QED) is 0.629. The van der Waals surface area contributed by atoms with Gasteiger partial charge >= 0.3 is 5.69 Å². The molecule has 8 heteroatoms. The summed E-state index contributed by atoms with van der Waals surface area (Å²) >= 11 is 5.68. The highest BCUT2D eigenvalue weighted by molar-refractivity contribution is 6.31. The van der Waals surface area contributed by atoms with Gasteiger partial charge in [0.25, 0.3) is 5.56 Å². The average Bonchev–Trinajstić information content (AvgIpc) is 2.76. The second-order valence-corrected chi connectivity index (χ2v) is 4.25. The molecule has 0 radical (unpaired) electrons. The van der Waals surface area contributed by atoms with Crippen LogP contribution >= 0.6 is 11.6 Å². The Balaban J connectivity index is 2.26. The van der Waals surface area contributed by atoms with Crippen LogP contribution in [0.4, 0.5) is 4.39 Å². The Labute approximate surface area is 109 Å². The second-order valence-electron chi connectivity index (χ2n) is 3.85. The summed E-state index contributed by atoms with van der Waals surface area (Å²) in [4.78, 5) is 33.9. The number of hydrogen-bond donors (Lipinski definition) is 3. The van der Waals surface area contributed by atoms with Crippen molar-refractivity contribution in [1.82, 2.24) is 19.9 Å². The standard InChI is InChI=1S/C11H6ClFN4O2/c12-5-3-4(1-2-6(5)13)8-14-7-9(15-8)16-11(19)17-10(7)18/h1-3H,(H3,14,15,16,17,18,19). The zero-order chi connectivity index (χ0) is 13.6. The average molecular weight is 281 g/mol. The van der Waals surface area contributed by atoms with Crippen LogP contribution in [0.25, 0.3) is 22.6 Å². The molecule has 3 aromatic rings. The maximum atomic E-state index is 13.1. The topological polar surface area (TPSA) is 94.4 Å². The van der Waals surface area contributed by atoms with Gasteiger partial charge in [0.1, 0.15) is 17.2 Å². The third-order valence-electron chi connectivity index (χ3n) is 2.58. The molecule has 0 aliphatic heterocycles. The van der Waals surface area contributed by atoms with Crippen molar-refractivity contribution in [3.8, 4) is 11.4 Å². The van der Waals surface area contributed by atoms with Crippen LogP contribution in [0.5, 0.6) is 0 Å². The zero-order valence-corrected chi connectivity index (χ0v) is 10.0. The molecule has 0 saturated carbocycles. The Kier molecular flexibility index (Phi) is 2.49. The number of aromatic nitrogens is 4. The largest absolute Gasteiger partial charge is 0.332 e. The molecule has 0 aliphatic rings. The Bertz CT molecular complexity index is 896. The number of halogens is 2. The van der Waals surface area contributed by atoms with E-state index in [0.717, 1.165) is 0 Å². The van der Waals surface area contributed by atoms with Gasteiger partial charge in [0.15, 0.2) is 5.65 Å². The van der Waals surface area contributed by atoms with Crippen molar-refractivity contribution >= 4 is 22.8 Å². The fraction of sp³-hybridized carbons (Fsp3) is 0. The van der Waals surface area contributed by atoms with E-state index in [9.17, 15) is 14.0 Å². The molecule has 1 aromatic carbocycles. The number of nitrogens with one attached hydrogen (secondary N) is 3. The van der Waals surface area contributed by atoms with Crippen LogP contribution in [0.15, 0.2) is 27.8 Å². The minimum absolute atomic E-state index is 0.0552. The number of benzene rings is 1. The SMILES string of the molecule is O=c1[nH]c(=O)c2[nH]c(-c3ccc(F)c(Cl)c3)nc2[nH]1. The predicted octanol–water partition coefficient (Wildman–Crippen LogP) is 1.40. The molecule has 0 saturated heterocycles. The number of nitrogens with zero attached hydrogens (tertiary/aromatic N) is 1. The van der Waals surface area contributed by atoms with Crippen molar-refractivity contribution < 1.29 is 4.39 Å². The molecule has 2 heterocycles. The zero-order valence-electron chi connectivity index (χ0n) is 9.25. The summed E-state index contributed by atoms with van der Waals surface area (Å²) < 4.78 is 13.1. The van der Waals surface area contributed by atoms with Crippen LogP contribution in [-0.4, -0.2) is 19.9 Å². The summed E-state index contributed by atoms with van der Waals surface area (Å²) in [6.07, 6.45) is 0. The number of aromatic amines is 3. The molecule has 0 fully saturated rings. The van der Waals surface area contributed by atoms with Crippen LogP contribution in [-0.2, 0) is 0 Å². The van der Waals surface area contributed by atoms with Crippen LogP contribution in [0, 0.1) is 5.82 Å². The van der Waals surface area contributed by atoms with E-state index in [2.05, 4.69) is 19.9 Å². The van der Waals surface area contributed by atoms with E-state index in [4.69, 9.17) is 11.6 Å². The lowest BCUT2D eigenvalue weighted by atomic mass is 10.2. The van der Waals surface area contributed by atoms with E-state index in [-0.39, 0.29) is 16.2 Å². The van der Waals surface area contributed by atoms with Crippen molar-refractivity contribution in [2.24, 2.45) is 0 Å². The number of fused-ring (bicyclic) bond motifs is 1. The van der Waals surface area contributed by atoms with Gasteiger partial charge < -0.3 is 4.98 Å². The lowest BCUT2D eigenvalue weighted by Crippen LogP contribution is -2.21. The van der Waals surface area contributed by atoms with E-state index >= 15 is 0 Å². The highest BCUT2D eigenvalue weighted by Crippen LogP contribution is 2.23. The monoisotopic (exact) mass is 280 g/mol. The predicted molar refractivity (Wildman–Crippen MR) is 67.7 cm³/mol. The normalized spacial score (nSPS) is 11.1. The molecule has 0 atom stereocenters. The van der Waals surface area contributed by atoms with Gasteiger partial charge in [-0.3, -0.25) is 14.8 Å². The molecule has 0 aliphatic carbocycles. The minimum atomic E-state index is -0.646. The highest BCUT2D eigenvalue weighted by Gasteiger charge is 2.10. The van der Waals surface area contributed by atoms with E-state index < -0.39 is 17.1 Å². The minimum Gasteiger partial charge on any atom is -0.332 e. The molecule has 0 spiro atoms. The summed E-state index contributed by atoms with van der Waals surface area (Å²) in [6.45, 7) is 0. The summed E-state index contributed by atoms with van der Waals surface area (Å²) in [6, 6.07) is 4.03. The molecule has 3 rings (SSSR count). The smallest absolute Gasteiger partial charge is 0.327 e. The van der Waals surface area contributed by atoms with E-state index in [1.54, 1.807) is 0 Å². The van der Waals surface area contributed by atoms with Crippen molar-refractivity contribution in [3.05, 3.63) is 49.9 Å². The Hall–Kier alpha value is -2.41. The van der Waals surface area contributed by atoms with E-state index in [0.29, 0.717) is 11.4 Å². The van der Waals surface area contributed by atoms with Crippen molar-refractivity contribution in [2.45, 2.75) is 0 Å². The van der Waals surface area contributed by atoms with Crippen LogP contribution in [0.2, 0.25) is 5.02 Å². The van der Waals surface area contributed by atoms with Crippen LogP contribution in [0.1, 0.15) is 0 Å². The molecular weight excluding hydrogens is 275 g/mol. The van der Waals surface area contributed by atoms with Gasteiger partial charge in [-0.1, -0.05) is 11.6 Å². The fourth-order valence-electron chi connectivity index (χ4n) is 1.71. The maximum Gasteiger partial charge on any atom is 0.327 e. The molecule has 2 aromatic heterocycles. The molecule has 0 amide bonds. The van der Waals surface area contributed by atoms with Crippen molar-refractivity contribution in [2.75, 3.05) is 0 Å². The lowest BCUT2D eigenvalue weighted by Gasteiger charge is -1.98. The first kappa shape index (κ1) is 11.7. The third-order valence-corrected chi connectivity index (χ3v) is 2.87. The van der Waals surface area contributed by atoms with Gasteiger partial charge in [-0.2, -0.15) is 0 Å². The van der Waals surface area contributed by atoms with Gasteiger partial charge in [-0.25, -0.2) is 14.2 Å². The number of hydrogen-bond acceptors (Lipinski definition) is 3. The summed E-state index contributed by atoms with van der Waals surface area (Å²) in [5.74, 6) is -0.239. The van der Waals surface area contributed by atoms with Crippen molar-refractivity contribution in [3.63, 3.8) is 0 Å². The Morgan fingerprint density at radius 2 is 1.95 bits per heavy atom. The lowest BCUT2D eigenvalue weighted by molar-refractivity contribution is 0.628. The second kappa shape index (κ2) is 4.06. The van der Waals surface area contributed by atoms with Crippen molar-refractivity contribution in [1.29, 1.82) is 0 Å². The number of H-pyrrole nitrogens is 3. The molecule has 0 unspecified atom stereocenters. The Morgan fingerprint density at radius 1 is 1.16 bits per heavy atom. The Morgan fingerprint density at radius 3 is 2.68 bits per heavy atom. The molecule has 0 bridgehead atoms. The highest BCUT2D eigenvalue weighted by atomic mass is 35.5. The first-order chi connectivity index (χ1) is 9.04.